The normalized spacial score (nSPS) is 10.5. The molecule has 1 aromatic heterocycles. The van der Waals surface area contributed by atoms with Crippen LogP contribution in [0.4, 0.5) is 0 Å². The van der Waals surface area contributed by atoms with Gasteiger partial charge >= 0.3 is 0 Å². The molecule has 2 nitrogen and oxygen atoms in total. The van der Waals surface area contributed by atoms with Gasteiger partial charge in [0.2, 0.25) is 5.89 Å². The Morgan fingerprint density at radius 1 is 1.27 bits per heavy atom. The smallest absolute Gasteiger partial charge is 0.226 e. The van der Waals surface area contributed by atoms with E-state index in [4.69, 9.17) is 16.0 Å². The van der Waals surface area contributed by atoms with Gasteiger partial charge in [-0.15, -0.1) is 11.6 Å². The highest BCUT2D eigenvalue weighted by molar-refractivity contribution is 6.17. The highest BCUT2D eigenvalue weighted by Gasteiger charge is 2.09. The fourth-order valence-corrected chi connectivity index (χ4v) is 1.62. The zero-order valence-electron chi connectivity index (χ0n) is 8.53. The summed E-state index contributed by atoms with van der Waals surface area (Å²) in [5.41, 5.74) is 1.93. The Kier molecular flexibility index (Phi) is 3.07. The summed E-state index contributed by atoms with van der Waals surface area (Å²) in [5, 5.41) is 0. The van der Waals surface area contributed by atoms with Crippen molar-refractivity contribution in [3.05, 3.63) is 41.8 Å². The largest absolute Gasteiger partial charge is 0.441 e. The average Bonchev–Trinajstić information content (AvgIpc) is 2.63. The lowest BCUT2D eigenvalue weighted by atomic mass is 10.2. The fourth-order valence-electron chi connectivity index (χ4n) is 1.45. The molecule has 0 saturated heterocycles. The van der Waals surface area contributed by atoms with E-state index in [2.05, 4.69) is 4.98 Å². The van der Waals surface area contributed by atoms with Crippen LogP contribution in [0.3, 0.4) is 0 Å². The van der Waals surface area contributed by atoms with E-state index in [9.17, 15) is 0 Å². The molecule has 0 amide bonds. The summed E-state index contributed by atoms with van der Waals surface area (Å²) in [6.45, 7) is 1.94. The van der Waals surface area contributed by atoms with Gasteiger partial charge in [-0.1, -0.05) is 18.2 Å². The Hall–Kier alpha value is -1.28. The molecule has 78 valence electrons. The van der Waals surface area contributed by atoms with Crippen LogP contribution in [-0.2, 0) is 6.42 Å². The summed E-state index contributed by atoms with van der Waals surface area (Å²) in [4.78, 5) is 4.37. The number of hydrogen-bond acceptors (Lipinski definition) is 2. The van der Waals surface area contributed by atoms with Gasteiger partial charge in [-0.05, 0) is 19.1 Å². The van der Waals surface area contributed by atoms with Gasteiger partial charge in [0.15, 0.2) is 0 Å². The monoisotopic (exact) mass is 221 g/mol. The molecule has 0 spiro atoms. The Bertz CT molecular complexity index is 436. The quantitative estimate of drug-likeness (QED) is 0.743. The van der Waals surface area contributed by atoms with Gasteiger partial charge in [-0.2, -0.15) is 0 Å². The van der Waals surface area contributed by atoms with Gasteiger partial charge in [0.1, 0.15) is 5.76 Å². The summed E-state index contributed by atoms with van der Waals surface area (Å²) in [5.74, 6) is 2.11. The van der Waals surface area contributed by atoms with Crippen LogP contribution in [-0.4, -0.2) is 10.9 Å². The third kappa shape index (κ3) is 2.21. The number of halogens is 1. The second kappa shape index (κ2) is 4.49. The lowest BCUT2D eigenvalue weighted by Gasteiger charge is -1.93. The first-order chi connectivity index (χ1) is 7.31. The molecule has 1 aromatic carbocycles. The lowest BCUT2D eigenvalue weighted by Crippen LogP contribution is -1.85. The van der Waals surface area contributed by atoms with Crippen molar-refractivity contribution in [1.29, 1.82) is 0 Å². The van der Waals surface area contributed by atoms with E-state index < -0.39 is 0 Å². The van der Waals surface area contributed by atoms with Crippen LogP contribution < -0.4 is 0 Å². The van der Waals surface area contributed by atoms with Crippen molar-refractivity contribution in [2.24, 2.45) is 0 Å². The number of benzene rings is 1. The molecule has 0 unspecified atom stereocenters. The Balaban J connectivity index is 2.34. The topological polar surface area (TPSA) is 26.0 Å². The van der Waals surface area contributed by atoms with E-state index in [0.717, 1.165) is 23.4 Å². The molecular weight excluding hydrogens is 210 g/mol. The number of rotatable bonds is 3. The molecule has 0 radical (unpaired) electrons. The number of hydrogen-bond donors (Lipinski definition) is 0. The maximum atomic E-state index is 5.68. The van der Waals surface area contributed by atoms with Gasteiger partial charge in [0.25, 0.3) is 0 Å². The standard InChI is InChI=1S/C12H12ClNO/c1-9-11(7-8-13)15-12(14-9)10-5-3-2-4-6-10/h2-6H,7-8H2,1H3. The van der Waals surface area contributed by atoms with Gasteiger partial charge in [-0.3, -0.25) is 0 Å². The second-order valence-corrected chi connectivity index (χ2v) is 3.71. The number of aryl methyl sites for hydroxylation is 2. The first-order valence-corrected chi connectivity index (χ1v) is 5.42. The van der Waals surface area contributed by atoms with Crippen LogP contribution >= 0.6 is 11.6 Å². The van der Waals surface area contributed by atoms with Gasteiger partial charge < -0.3 is 4.42 Å². The third-order valence-corrected chi connectivity index (χ3v) is 2.42. The van der Waals surface area contributed by atoms with E-state index >= 15 is 0 Å². The first kappa shape index (κ1) is 10.2. The number of oxazole rings is 1. The molecule has 1 heterocycles. The van der Waals surface area contributed by atoms with Crippen LogP contribution in [0.15, 0.2) is 34.7 Å². The minimum absolute atomic E-state index is 0.560. The van der Waals surface area contributed by atoms with Gasteiger partial charge in [0.05, 0.1) is 5.69 Å². The molecule has 2 aromatic rings. The van der Waals surface area contributed by atoms with Crippen molar-refractivity contribution in [2.75, 3.05) is 5.88 Å². The summed E-state index contributed by atoms with van der Waals surface area (Å²) in [7, 11) is 0. The molecule has 0 atom stereocenters. The lowest BCUT2D eigenvalue weighted by molar-refractivity contribution is 0.523. The summed E-state index contributed by atoms with van der Waals surface area (Å²) in [6, 6.07) is 9.87. The second-order valence-electron chi connectivity index (χ2n) is 3.33. The van der Waals surface area contributed by atoms with Crippen LogP contribution in [0.2, 0.25) is 0 Å². The number of aromatic nitrogens is 1. The van der Waals surface area contributed by atoms with Crippen LogP contribution in [0.1, 0.15) is 11.5 Å². The van der Waals surface area contributed by atoms with Crippen molar-refractivity contribution in [2.45, 2.75) is 13.3 Å². The minimum Gasteiger partial charge on any atom is -0.441 e. The van der Waals surface area contributed by atoms with Gasteiger partial charge in [0, 0.05) is 17.9 Å². The van der Waals surface area contributed by atoms with Crippen LogP contribution in [0, 0.1) is 6.92 Å². The molecule has 0 aliphatic heterocycles. The Morgan fingerprint density at radius 3 is 2.67 bits per heavy atom. The van der Waals surface area contributed by atoms with Crippen LogP contribution in [0.5, 0.6) is 0 Å². The highest BCUT2D eigenvalue weighted by Crippen LogP contribution is 2.21. The van der Waals surface area contributed by atoms with Crippen LogP contribution in [0.25, 0.3) is 11.5 Å². The molecule has 2 rings (SSSR count). The van der Waals surface area contributed by atoms with Crippen molar-refractivity contribution in [1.82, 2.24) is 4.98 Å². The van der Waals surface area contributed by atoms with E-state index in [0.29, 0.717) is 11.8 Å². The van der Waals surface area contributed by atoms with E-state index in [-0.39, 0.29) is 0 Å². The van der Waals surface area contributed by atoms with E-state index in [1.165, 1.54) is 0 Å². The van der Waals surface area contributed by atoms with Crippen molar-refractivity contribution < 1.29 is 4.42 Å². The van der Waals surface area contributed by atoms with Crippen molar-refractivity contribution >= 4 is 11.6 Å². The molecule has 0 aliphatic carbocycles. The third-order valence-electron chi connectivity index (χ3n) is 2.23. The maximum absolute atomic E-state index is 5.68. The number of nitrogens with zero attached hydrogens (tertiary/aromatic N) is 1. The van der Waals surface area contributed by atoms with E-state index in [1.807, 2.05) is 37.3 Å². The Morgan fingerprint density at radius 2 is 2.00 bits per heavy atom. The van der Waals surface area contributed by atoms with E-state index in [1.54, 1.807) is 0 Å². The summed E-state index contributed by atoms with van der Waals surface area (Å²) >= 11 is 5.68. The molecule has 0 aliphatic rings. The molecule has 0 N–H and O–H groups in total. The minimum atomic E-state index is 0.560. The molecule has 0 bridgehead atoms. The molecule has 15 heavy (non-hydrogen) atoms. The highest BCUT2D eigenvalue weighted by atomic mass is 35.5. The fraction of sp³-hybridized carbons (Fsp3) is 0.250. The zero-order chi connectivity index (χ0) is 10.7. The molecule has 0 saturated carbocycles. The SMILES string of the molecule is Cc1nc(-c2ccccc2)oc1CCCl. The molecular formula is C12H12ClNO. The zero-order valence-corrected chi connectivity index (χ0v) is 9.29. The van der Waals surface area contributed by atoms with Crippen molar-refractivity contribution in [3.8, 4) is 11.5 Å². The molecule has 0 fully saturated rings. The summed E-state index contributed by atoms with van der Waals surface area (Å²) in [6.07, 6.45) is 0.729. The number of alkyl halides is 1. The first-order valence-electron chi connectivity index (χ1n) is 4.89. The van der Waals surface area contributed by atoms with Gasteiger partial charge in [-0.25, -0.2) is 4.98 Å². The predicted octanol–water partition coefficient (Wildman–Crippen LogP) is 3.43. The predicted molar refractivity (Wildman–Crippen MR) is 61.1 cm³/mol. The molecule has 3 heteroatoms. The average molecular weight is 222 g/mol. The van der Waals surface area contributed by atoms with Crippen molar-refractivity contribution in [3.63, 3.8) is 0 Å². The maximum Gasteiger partial charge on any atom is 0.226 e. The Labute approximate surface area is 93.9 Å². The summed E-state index contributed by atoms with van der Waals surface area (Å²) < 4.78 is 5.65.